The maximum Gasteiger partial charge on any atom is 0.230 e. The van der Waals surface area contributed by atoms with Gasteiger partial charge in [-0.2, -0.15) is 5.10 Å². The highest BCUT2D eigenvalue weighted by Crippen LogP contribution is 2.35. The van der Waals surface area contributed by atoms with Crippen LogP contribution in [0.15, 0.2) is 30.7 Å². The number of aryl methyl sites for hydroxylation is 1. The summed E-state index contributed by atoms with van der Waals surface area (Å²) in [6.07, 6.45) is 4.80. The number of hydrogen-bond acceptors (Lipinski definition) is 5. The third-order valence-electron chi connectivity index (χ3n) is 3.64. The van der Waals surface area contributed by atoms with Crippen LogP contribution in [0, 0.1) is 5.92 Å². The first-order chi connectivity index (χ1) is 10.2. The molecule has 2 aromatic rings. The lowest BCUT2D eigenvalue weighted by Gasteiger charge is -2.18. The predicted octanol–water partition coefficient (Wildman–Crippen LogP) is 1.24. The van der Waals surface area contributed by atoms with Gasteiger partial charge in [0.05, 0.1) is 23.5 Å². The number of amides is 1. The molecule has 0 aromatic carbocycles. The van der Waals surface area contributed by atoms with E-state index in [1.54, 1.807) is 16.9 Å². The molecule has 110 valence electrons. The summed E-state index contributed by atoms with van der Waals surface area (Å²) in [5.41, 5.74) is 1.22. The van der Waals surface area contributed by atoms with Crippen molar-refractivity contribution in [1.29, 1.82) is 0 Å². The zero-order chi connectivity index (χ0) is 14.8. The smallest absolute Gasteiger partial charge is 0.230 e. The molecule has 0 saturated carbocycles. The highest BCUT2D eigenvalue weighted by molar-refractivity contribution is 5.94. The summed E-state index contributed by atoms with van der Waals surface area (Å²) >= 11 is 0. The molecule has 1 saturated heterocycles. The van der Waals surface area contributed by atoms with Crippen LogP contribution in [-0.4, -0.2) is 32.4 Å². The number of carbonyl (C=O) groups excluding carboxylic acids is 1. The minimum Gasteiger partial charge on any atom is -0.504 e. The van der Waals surface area contributed by atoms with E-state index in [-0.39, 0.29) is 23.7 Å². The first-order valence-corrected chi connectivity index (χ1v) is 6.70. The molecule has 0 radical (unpaired) electrons. The van der Waals surface area contributed by atoms with Crippen LogP contribution < -0.4 is 5.32 Å². The Balaban J connectivity index is 1.78. The van der Waals surface area contributed by atoms with E-state index >= 15 is 0 Å². The van der Waals surface area contributed by atoms with Crippen molar-refractivity contribution in [3.8, 4) is 5.75 Å². The highest BCUT2D eigenvalue weighted by atomic mass is 16.5. The topological polar surface area (TPSA) is 89.3 Å². The molecule has 0 aliphatic carbocycles. The second-order valence-corrected chi connectivity index (χ2v) is 4.95. The summed E-state index contributed by atoms with van der Waals surface area (Å²) in [6, 6.07) is 3.41. The lowest BCUT2D eigenvalue weighted by molar-refractivity contribution is -0.121. The Kier molecular flexibility index (Phi) is 3.57. The molecule has 0 unspecified atom stereocenters. The fraction of sp³-hybridized carbons (Fsp3) is 0.357. The van der Waals surface area contributed by atoms with E-state index in [1.807, 2.05) is 13.1 Å². The van der Waals surface area contributed by atoms with Crippen molar-refractivity contribution in [3.63, 3.8) is 0 Å². The van der Waals surface area contributed by atoms with Gasteiger partial charge in [0, 0.05) is 26.0 Å². The number of hydrogen-bond donors (Lipinski definition) is 2. The van der Waals surface area contributed by atoms with E-state index in [0.717, 1.165) is 5.69 Å². The number of carbonyl (C=O) groups is 1. The van der Waals surface area contributed by atoms with Crippen molar-refractivity contribution >= 4 is 11.6 Å². The number of aromatic hydroxyl groups is 1. The van der Waals surface area contributed by atoms with E-state index < -0.39 is 0 Å². The maximum absolute atomic E-state index is 12.4. The maximum atomic E-state index is 12.4. The normalized spacial score (nSPS) is 21.4. The van der Waals surface area contributed by atoms with Gasteiger partial charge in [0.15, 0.2) is 5.75 Å². The van der Waals surface area contributed by atoms with Crippen molar-refractivity contribution in [1.82, 2.24) is 14.8 Å². The molecule has 2 aromatic heterocycles. The molecule has 0 bridgehead atoms. The van der Waals surface area contributed by atoms with Crippen LogP contribution in [0.1, 0.15) is 18.2 Å². The van der Waals surface area contributed by atoms with Crippen LogP contribution in [0.5, 0.6) is 5.75 Å². The van der Waals surface area contributed by atoms with E-state index in [9.17, 15) is 9.90 Å². The number of ether oxygens (including phenoxy) is 1. The molecule has 2 atom stereocenters. The van der Waals surface area contributed by atoms with Crippen molar-refractivity contribution in [3.05, 3.63) is 36.4 Å². The van der Waals surface area contributed by atoms with E-state index in [2.05, 4.69) is 15.4 Å². The average Bonchev–Trinajstić information content (AvgIpc) is 3.09. The van der Waals surface area contributed by atoms with Crippen LogP contribution >= 0.6 is 0 Å². The van der Waals surface area contributed by atoms with Gasteiger partial charge < -0.3 is 15.2 Å². The molecule has 21 heavy (non-hydrogen) atoms. The summed E-state index contributed by atoms with van der Waals surface area (Å²) in [5, 5.41) is 16.5. The monoisotopic (exact) mass is 288 g/mol. The summed E-state index contributed by atoms with van der Waals surface area (Å²) < 4.78 is 7.39. The van der Waals surface area contributed by atoms with E-state index in [4.69, 9.17) is 4.74 Å². The molecule has 1 amide bonds. The van der Waals surface area contributed by atoms with Gasteiger partial charge in [-0.3, -0.25) is 14.5 Å². The van der Waals surface area contributed by atoms with Gasteiger partial charge in [-0.05, 0) is 18.6 Å². The van der Waals surface area contributed by atoms with Crippen molar-refractivity contribution in [2.45, 2.75) is 12.5 Å². The molecule has 0 spiro atoms. The molecular formula is C14H16N4O3. The Morgan fingerprint density at radius 3 is 3.05 bits per heavy atom. The number of aromatic nitrogens is 3. The lowest BCUT2D eigenvalue weighted by atomic mass is 9.98. The summed E-state index contributed by atoms with van der Waals surface area (Å²) in [7, 11) is 1.82. The molecule has 1 aliphatic rings. The molecule has 7 nitrogen and oxygen atoms in total. The standard InChI is InChI=1S/C14H16N4O3/c1-18-11(3-6-16-18)13-9(4-7-21-13)14(20)17-10-2-5-15-8-12(10)19/h2-3,5-6,8-9,13,19H,4,7H2,1H3,(H,15,17,20)/t9-,13-/m1/s1. The largest absolute Gasteiger partial charge is 0.504 e. The van der Waals surface area contributed by atoms with Crippen LogP contribution in [0.25, 0.3) is 0 Å². The number of rotatable bonds is 3. The molecule has 7 heteroatoms. The second kappa shape index (κ2) is 5.53. The minimum absolute atomic E-state index is 0.0538. The number of nitrogens with one attached hydrogen (secondary N) is 1. The second-order valence-electron chi connectivity index (χ2n) is 4.95. The Morgan fingerprint density at radius 1 is 1.48 bits per heavy atom. The highest BCUT2D eigenvalue weighted by Gasteiger charge is 2.37. The fourth-order valence-electron chi connectivity index (χ4n) is 2.53. The molecule has 1 aliphatic heterocycles. The Labute approximate surface area is 121 Å². The molecular weight excluding hydrogens is 272 g/mol. The third kappa shape index (κ3) is 2.59. The third-order valence-corrected chi connectivity index (χ3v) is 3.64. The van der Waals surface area contributed by atoms with Gasteiger partial charge in [-0.1, -0.05) is 0 Å². The number of anilines is 1. The molecule has 3 rings (SSSR count). The average molecular weight is 288 g/mol. The first-order valence-electron chi connectivity index (χ1n) is 6.70. The number of pyridine rings is 1. The SMILES string of the molecule is Cn1nccc1[C@@H]1OCC[C@H]1C(=O)Nc1ccncc1O. The summed E-state index contributed by atoms with van der Waals surface area (Å²) in [5.74, 6) is -0.546. The van der Waals surface area contributed by atoms with Crippen molar-refractivity contribution in [2.75, 3.05) is 11.9 Å². The summed E-state index contributed by atoms with van der Waals surface area (Å²) in [6.45, 7) is 0.524. The Hall–Kier alpha value is -2.41. The minimum atomic E-state index is -0.318. The summed E-state index contributed by atoms with van der Waals surface area (Å²) in [4.78, 5) is 16.2. The molecule has 2 N–H and O–H groups in total. The van der Waals surface area contributed by atoms with Crippen molar-refractivity contribution in [2.24, 2.45) is 13.0 Å². The first kappa shape index (κ1) is 13.6. The van der Waals surface area contributed by atoms with Crippen LogP contribution in [0.2, 0.25) is 0 Å². The van der Waals surface area contributed by atoms with Crippen LogP contribution in [-0.2, 0) is 16.6 Å². The van der Waals surface area contributed by atoms with Gasteiger partial charge in [0.25, 0.3) is 0 Å². The van der Waals surface area contributed by atoms with Gasteiger partial charge >= 0.3 is 0 Å². The zero-order valence-corrected chi connectivity index (χ0v) is 11.6. The fourth-order valence-corrected chi connectivity index (χ4v) is 2.53. The van der Waals surface area contributed by atoms with Gasteiger partial charge in [-0.25, -0.2) is 0 Å². The molecule has 1 fully saturated rings. The van der Waals surface area contributed by atoms with Crippen molar-refractivity contribution < 1.29 is 14.6 Å². The van der Waals surface area contributed by atoms with Crippen LogP contribution in [0.3, 0.4) is 0 Å². The van der Waals surface area contributed by atoms with Gasteiger partial charge in [-0.15, -0.1) is 0 Å². The predicted molar refractivity (Wildman–Crippen MR) is 74.5 cm³/mol. The number of nitrogens with zero attached hydrogens (tertiary/aromatic N) is 3. The van der Waals surface area contributed by atoms with E-state index in [0.29, 0.717) is 18.7 Å². The van der Waals surface area contributed by atoms with Crippen LogP contribution in [0.4, 0.5) is 5.69 Å². The van der Waals surface area contributed by atoms with Gasteiger partial charge in [0.2, 0.25) is 5.91 Å². The lowest BCUT2D eigenvalue weighted by Crippen LogP contribution is -2.26. The van der Waals surface area contributed by atoms with E-state index in [1.165, 1.54) is 12.4 Å². The quantitative estimate of drug-likeness (QED) is 0.887. The Bertz CT molecular complexity index is 655. The molecule has 3 heterocycles. The Morgan fingerprint density at radius 2 is 2.33 bits per heavy atom. The van der Waals surface area contributed by atoms with Gasteiger partial charge in [0.1, 0.15) is 6.10 Å². The zero-order valence-electron chi connectivity index (χ0n) is 11.6.